The minimum absolute atomic E-state index is 0.0321. The Kier molecular flexibility index (Phi) is 2.39. The molecule has 0 atom stereocenters. The van der Waals surface area contributed by atoms with E-state index in [2.05, 4.69) is 16.6 Å². The first-order valence-electron chi connectivity index (χ1n) is 9.12. The highest BCUT2D eigenvalue weighted by Gasteiger charge is 2.37. The van der Waals surface area contributed by atoms with E-state index in [0.29, 0.717) is 11.3 Å². The molecule has 4 nitrogen and oxygen atoms in total. The summed E-state index contributed by atoms with van der Waals surface area (Å²) in [5, 5.41) is 1.00. The lowest BCUT2D eigenvalue weighted by Gasteiger charge is -2.22. The van der Waals surface area contributed by atoms with E-state index in [-0.39, 0.29) is 6.85 Å². The second-order valence-corrected chi connectivity index (χ2v) is 5.97. The highest BCUT2D eigenvalue weighted by atomic mass is 16.3. The van der Waals surface area contributed by atoms with E-state index < -0.39 is 6.85 Å². The molecule has 3 aromatic heterocycles. The number of hydrogen-bond acceptors (Lipinski definition) is 3. The third kappa shape index (κ3) is 2.07. The van der Waals surface area contributed by atoms with Crippen molar-refractivity contribution in [1.82, 2.24) is 4.98 Å². The van der Waals surface area contributed by atoms with Crippen molar-refractivity contribution >= 4 is 35.3 Å². The molecule has 0 bridgehead atoms. The van der Waals surface area contributed by atoms with E-state index in [1.807, 2.05) is 49.0 Å². The first-order chi connectivity index (χ1) is 12.3. The molecule has 0 amide bonds. The van der Waals surface area contributed by atoms with Gasteiger partial charge in [0.25, 0.3) is 5.82 Å². The summed E-state index contributed by atoms with van der Waals surface area (Å²) in [6, 6.07) is 5.85. The molecule has 1 aliphatic rings. The van der Waals surface area contributed by atoms with E-state index in [4.69, 9.17) is 8.53 Å². The van der Waals surface area contributed by atoms with Gasteiger partial charge in [-0.3, -0.25) is 4.81 Å². The molecule has 4 heterocycles. The van der Waals surface area contributed by atoms with E-state index in [1.54, 1.807) is 12.4 Å². The quantitative estimate of drug-likeness (QED) is 0.512. The standard InChI is InChI=1S/C18H19BN3O/c1-12-10-16(21(4)11-13(12)2)22-9-7-15-17(19(22)3)14-6-5-8-20-18(14)23-15/h5-11H,1-4H3/q+1/i2D3. The number of hydrogen-bond donors (Lipinski definition) is 0. The van der Waals surface area contributed by atoms with Gasteiger partial charge in [-0.1, -0.05) is 0 Å². The van der Waals surface area contributed by atoms with E-state index in [0.717, 1.165) is 28.0 Å². The lowest BCUT2D eigenvalue weighted by molar-refractivity contribution is -0.658. The second-order valence-electron chi connectivity index (χ2n) is 5.97. The Morgan fingerprint density at radius 3 is 3.09 bits per heavy atom. The number of fused-ring (bicyclic) bond motifs is 3. The number of aryl methyl sites for hydroxylation is 3. The second kappa shape index (κ2) is 4.98. The third-order valence-electron chi connectivity index (χ3n) is 4.47. The van der Waals surface area contributed by atoms with Crippen molar-refractivity contribution in [2.24, 2.45) is 7.05 Å². The van der Waals surface area contributed by atoms with Crippen LogP contribution in [0.1, 0.15) is 21.0 Å². The number of aromatic nitrogens is 2. The minimum atomic E-state index is -2.12. The fourth-order valence-corrected chi connectivity index (χ4v) is 3.21. The Labute approximate surface area is 140 Å². The van der Waals surface area contributed by atoms with E-state index in [9.17, 15) is 0 Å². The Balaban J connectivity index is 1.82. The van der Waals surface area contributed by atoms with Crippen molar-refractivity contribution in [2.45, 2.75) is 20.6 Å². The molecule has 4 rings (SSSR count). The monoisotopic (exact) mass is 307 g/mol. The van der Waals surface area contributed by atoms with Crippen LogP contribution in [0.15, 0.2) is 41.2 Å². The van der Waals surface area contributed by atoms with Crippen LogP contribution >= 0.6 is 0 Å². The summed E-state index contributed by atoms with van der Waals surface area (Å²) in [6.07, 6.45) is 7.33. The van der Waals surface area contributed by atoms with Crippen molar-refractivity contribution in [3.05, 3.63) is 53.7 Å². The average Bonchev–Trinajstić information content (AvgIpc) is 2.95. The average molecular weight is 307 g/mol. The van der Waals surface area contributed by atoms with Crippen molar-refractivity contribution in [2.75, 3.05) is 4.81 Å². The number of anilines is 1. The molecule has 1 aliphatic heterocycles. The maximum absolute atomic E-state index is 7.70. The predicted octanol–water partition coefficient (Wildman–Crippen LogP) is 2.59. The molecule has 0 unspecified atom stereocenters. The fraction of sp³-hybridized carbons (Fsp3) is 0.222. The van der Waals surface area contributed by atoms with Crippen LogP contribution in [0.5, 0.6) is 0 Å². The Bertz CT molecular complexity index is 1040. The first-order valence-corrected chi connectivity index (χ1v) is 7.62. The normalized spacial score (nSPS) is 16.2. The highest BCUT2D eigenvalue weighted by molar-refractivity contribution is 6.79. The molecule has 0 saturated heterocycles. The Hall–Kier alpha value is -2.56. The number of rotatable bonds is 1. The molecular formula is C18H19BN3O+. The molecule has 3 aromatic rings. The number of pyridine rings is 2. The van der Waals surface area contributed by atoms with Crippen LogP contribution in [0.3, 0.4) is 0 Å². The predicted molar refractivity (Wildman–Crippen MR) is 93.9 cm³/mol. The smallest absolute Gasteiger partial charge is 0.413 e. The molecule has 0 spiro atoms. The zero-order chi connectivity index (χ0) is 18.6. The molecule has 0 radical (unpaired) electrons. The molecule has 0 N–H and O–H groups in total. The topological polar surface area (TPSA) is 33.2 Å². The molecule has 0 aromatic carbocycles. The van der Waals surface area contributed by atoms with Crippen LogP contribution in [-0.2, 0) is 7.05 Å². The van der Waals surface area contributed by atoms with Crippen LogP contribution in [0.25, 0.3) is 17.2 Å². The van der Waals surface area contributed by atoms with Crippen molar-refractivity contribution < 1.29 is 13.1 Å². The van der Waals surface area contributed by atoms with Gasteiger partial charge < -0.3 is 4.42 Å². The summed E-state index contributed by atoms with van der Waals surface area (Å²) in [4.78, 5) is 6.43. The van der Waals surface area contributed by atoms with E-state index >= 15 is 0 Å². The summed E-state index contributed by atoms with van der Waals surface area (Å²) < 4.78 is 30.8. The van der Waals surface area contributed by atoms with Gasteiger partial charge in [0.1, 0.15) is 5.76 Å². The van der Waals surface area contributed by atoms with Gasteiger partial charge in [-0.2, -0.15) is 0 Å². The van der Waals surface area contributed by atoms with Gasteiger partial charge in [0.2, 0.25) is 5.71 Å². The Morgan fingerprint density at radius 1 is 1.39 bits per heavy atom. The SMILES string of the molecule is [2H]C([2H])([2H])c1c[n+](C)c(N2C=Cc3oc4ncccc4c3B2C)cc1C. The number of furan rings is 1. The van der Waals surface area contributed by atoms with Crippen LogP contribution < -0.4 is 14.8 Å². The summed E-state index contributed by atoms with van der Waals surface area (Å²) in [6.45, 7) is 1.86. The van der Waals surface area contributed by atoms with Gasteiger partial charge in [-0.25, -0.2) is 9.55 Å². The molecule has 114 valence electrons. The zero-order valence-corrected chi connectivity index (χ0v) is 13.4. The third-order valence-corrected chi connectivity index (χ3v) is 4.47. The molecular weight excluding hydrogens is 285 g/mol. The first kappa shape index (κ1) is 11.1. The van der Waals surface area contributed by atoms with E-state index in [1.165, 1.54) is 0 Å². The van der Waals surface area contributed by atoms with Crippen molar-refractivity contribution in [3.63, 3.8) is 0 Å². The highest BCUT2D eigenvalue weighted by Crippen LogP contribution is 2.24. The molecule has 5 heteroatoms. The van der Waals surface area contributed by atoms with Gasteiger partial charge in [-0.05, 0) is 43.9 Å². The minimum Gasteiger partial charge on any atom is -0.439 e. The van der Waals surface area contributed by atoms with Gasteiger partial charge in [-0.15, -0.1) is 0 Å². The van der Waals surface area contributed by atoms with Crippen molar-refractivity contribution in [1.29, 1.82) is 0 Å². The largest absolute Gasteiger partial charge is 0.439 e. The molecule has 0 fully saturated rings. The summed E-state index contributed by atoms with van der Waals surface area (Å²) >= 11 is 0. The maximum Gasteiger partial charge on any atom is 0.413 e. The summed E-state index contributed by atoms with van der Waals surface area (Å²) in [5.74, 6) is 1.74. The van der Waals surface area contributed by atoms with Gasteiger partial charge in [0, 0.05) is 33.3 Å². The molecule has 0 saturated carbocycles. The lowest BCUT2D eigenvalue weighted by atomic mass is 9.54. The molecule has 23 heavy (non-hydrogen) atoms. The van der Waals surface area contributed by atoms with Crippen LogP contribution in [0, 0.1) is 13.8 Å². The summed E-state index contributed by atoms with van der Waals surface area (Å²) in [7, 11) is 1.87. The van der Waals surface area contributed by atoms with Crippen LogP contribution in [0.4, 0.5) is 5.82 Å². The van der Waals surface area contributed by atoms with Gasteiger partial charge in [0.05, 0.1) is 19.4 Å². The number of nitrogens with zero attached hydrogens (tertiary/aromatic N) is 3. The lowest BCUT2D eigenvalue weighted by Crippen LogP contribution is -2.50. The van der Waals surface area contributed by atoms with Crippen molar-refractivity contribution in [3.8, 4) is 0 Å². The van der Waals surface area contributed by atoms with Gasteiger partial charge >= 0.3 is 6.85 Å². The van der Waals surface area contributed by atoms with Crippen LogP contribution in [0.2, 0.25) is 6.82 Å². The van der Waals surface area contributed by atoms with Crippen LogP contribution in [-0.4, -0.2) is 11.8 Å². The summed E-state index contributed by atoms with van der Waals surface area (Å²) in [5.41, 5.74) is 2.85. The van der Waals surface area contributed by atoms with Gasteiger partial charge in [0.15, 0.2) is 0 Å². The molecule has 0 aliphatic carbocycles. The zero-order valence-electron chi connectivity index (χ0n) is 16.4. The fourth-order valence-electron chi connectivity index (χ4n) is 3.21. The Morgan fingerprint density at radius 2 is 2.26 bits per heavy atom. The maximum atomic E-state index is 7.70.